The minimum atomic E-state index is 0.0303. The molecule has 3 nitrogen and oxygen atoms in total. The summed E-state index contributed by atoms with van der Waals surface area (Å²) in [6.45, 7) is 0. The lowest BCUT2D eigenvalue weighted by atomic mass is 9.97. The van der Waals surface area contributed by atoms with E-state index < -0.39 is 0 Å². The van der Waals surface area contributed by atoms with Gasteiger partial charge in [0.1, 0.15) is 5.75 Å². The predicted octanol–water partition coefficient (Wildman–Crippen LogP) is 3.98. The molecule has 0 amide bonds. The molecule has 3 aromatic rings. The minimum Gasteiger partial charge on any atom is -0.508 e. The quantitative estimate of drug-likeness (QED) is 0.749. The van der Waals surface area contributed by atoms with Crippen LogP contribution < -0.4 is 5.43 Å². The molecule has 0 bridgehead atoms. The maximum absolute atomic E-state index is 9.98. The van der Waals surface area contributed by atoms with Crippen molar-refractivity contribution in [2.24, 2.45) is 5.10 Å². The van der Waals surface area contributed by atoms with Gasteiger partial charge in [-0.2, -0.15) is 5.10 Å². The Morgan fingerprint density at radius 2 is 1.68 bits per heavy atom. The van der Waals surface area contributed by atoms with Crippen LogP contribution in [0.15, 0.2) is 71.8 Å². The number of aromatic hydroxyl groups is 1. The molecule has 0 spiro atoms. The summed E-state index contributed by atoms with van der Waals surface area (Å²) in [7, 11) is 0. The first kappa shape index (κ1) is 12.9. The van der Waals surface area contributed by atoms with E-state index in [-0.39, 0.29) is 6.04 Å². The number of para-hydroxylation sites is 1. The first-order chi connectivity index (χ1) is 10.8. The van der Waals surface area contributed by atoms with Gasteiger partial charge in [-0.1, -0.05) is 54.6 Å². The van der Waals surface area contributed by atoms with Crippen LogP contribution in [0.25, 0.3) is 10.8 Å². The molecule has 4 rings (SSSR count). The molecule has 1 aliphatic heterocycles. The van der Waals surface area contributed by atoms with Crippen LogP contribution in [-0.4, -0.2) is 10.8 Å². The molecule has 0 saturated carbocycles. The first-order valence-electron chi connectivity index (χ1n) is 7.40. The van der Waals surface area contributed by atoms with Crippen LogP contribution in [0, 0.1) is 0 Å². The first-order valence-corrected chi connectivity index (χ1v) is 7.40. The Balaban J connectivity index is 1.63. The zero-order valence-electron chi connectivity index (χ0n) is 12.0. The van der Waals surface area contributed by atoms with Crippen molar-refractivity contribution in [2.75, 3.05) is 0 Å². The van der Waals surface area contributed by atoms with E-state index in [1.54, 1.807) is 6.07 Å². The van der Waals surface area contributed by atoms with E-state index in [1.165, 1.54) is 10.8 Å². The molecule has 0 fully saturated rings. The molecule has 0 unspecified atom stereocenters. The fraction of sp³-hybridized carbons (Fsp3) is 0.105. The van der Waals surface area contributed by atoms with Gasteiger partial charge in [0.25, 0.3) is 0 Å². The summed E-state index contributed by atoms with van der Waals surface area (Å²) in [6, 6.07) is 22.2. The maximum atomic E-state index is 9.98. The van der Waals surface area contributed by atoms with Gasteiger partial charge in [-0.05, 0) is 28.5 Å². The Morgan fingerprint density at radius 3 is 2.55 bits per heavy atom. The number of phenolic OH excluding ortho intramolecular Hbond substituents is 1. The van der Waals surface area contributed by atoms with Gasteiger partial charge in [-0.25, -0.2) is 0 Å². The van der Waals surface area contributed by atoms with Gasteiger partial charge in [0.05, 0.1) is 11.8 Å². The van der Waals surface area contributed by atoms with E-state index in [9.17, 15) is 5.11 Å². The topological polar surface area (TPSA) is 44.6 Å². The van der Waals surface area contributed by atoms with Gasteiger partial charge in [0, 0.05) is 12.0 Å². The third-order valence-corrected chi connectivity index (χ3v) is 4.15. The van der Waals surface area contributed by atoms with Crippen molar-refractivity contribution in [1.82, 2.24) is 5.43 Å². The van der Waals surface area contributed by atoms with Crippen molar-refractivity contribution < 1.29 is 5.11 Å². The molecular formula is C19H16N2O. The van der Waals surface area contributed by atoms with Crippen LogP contribution in [-0.2, 0) is 0 Å². The van der Waals surface area contributed by atoms with Crippen molar-refractivity contribution in [1.29, 1.82) is 0 Å². The van der Waals surface area contributed by atoms with Gasteiger partial charge in [-0.3, -0.25) is 0 Å². The number of hydrogen-bond donors (Lipinski definition) is 2. The summed E-state index contributed by atoms with van der Waals surface area (Å²) in [5.74, 6) is 0.315. The Labute approximate surface area is 128 Å². The smallest absolute Gasteiger partial charge is 0.120 e. The number of phenols is 1. The number of nitrogens with zero attached hydrogens (tertiary/aromatic N) is 1. The monoisotopic (exact) mass is 288 g/mol. The van der Waals surface area contributed by atoms with Crippen molar-refractivity contribution in [3.63, 3.8) is 0 Å². The highest BCUT2D eigenvalue weighted by molar-refractivity contribution is 6.04. The van der Waals surface area contributed by atoms with Crippen molar-refractivity contribution >= 4 is 16.5 Å². The molecule has 0 saturated heterocycles. The molecule has 3 aromatic carbocycles. The van der Waals surface area contributed by atoms with Crippen LogP contribution in [0.4, 0.5) is 0 Å². The zero-order valence-corrected chi connectivity index (χ0v) is 12.0. The summed E-state index contributed by atoms with van der Waals surface area (Å²) >= 11 is 0. The summed E-state index contributed by atoms with van der Waals surface area (Å²) in [5, 5.41) is 16.9. The highest BCUT2D eigenvalue weighted by Gasteiger charge is 2.23. The van der Waals surface area contributed by atoms with Crippen molar-refractivity contribution in [3.8, 4) is 5.75 Å². The largest absolute Gasteiger partial charge is 0.508 e. The molecule has 108 valence electrons. The average Bonchev–Trinajstić information content (AvgIpc) is 3.04. The second kappa shape index (κ2) is 5.19. The normalized spacial score (nSPS) is 17.3. The molecule has 22 heavy (non-hydrogen) atoms. The van der Waals surface area contributed by atoms with Crippen molar-refractivity contribution in [3.05, 3.63) is 77.9 Å². The molecule has 0 aliphatic carbocycles. The number of hydrazone groups is 1. The highest BCUT2D eigenvalue weighted by atomic mass is 16.3. The van der Waals surface area contributed by atoms with E-state index in [4.69, 9.17) is 0 Å². The Kier molecular flexibility index (Phi) is 3.04. The summed E-state index contributed by atoms with van der Waals surface area (Å²) in [6.07, 6.45) is 0.774. The molecule has 1 heterocycles. The van der Waals surface area contributed by atoms with Gasteiger partial charge >= 0.3 is 0 Å². The Morgan fingerprint density at radius 1 is 0.909 bits per heavy atom. The molecule has 0 radical (unpaired) electrons. The maximum Gasteiger partial charge on any atom is 0.120 e. The number of benzene rings is 3. The van der Waals surface area contributed by atoms with Crippen LogP contribution >= 0.6 is 0 Å². The van der Waals surface area contributed by atoms with Gasteiger partial charge < -0.3 is 10.5 Å². The van der Waals surface area contributed by atoms with Gasteiger partial charge in [0.15, 0.2) is 0 Å². The third-order valence-electron chi connectivity index (χ3n) is 4.15. The van der Waals surface area contributed by atoms with Crippen LogP contribution in [0.5, 0.6) is 5.75 Å². The fourth-order valence-electron chi connectivity index (χ4n) is 2.95. The fourth-order valence-corrected chi connectivity index (χ4v) is 2.95. The van der Waals surface area contributed by atoms with Crippen LogP contribution in [0.2, 0.25) is 0 Å². The van der Waals surface area contributed by atoms with E-state index in [0.29, 0.717) is 5.75 Å². The lowest BCUT2D eigenvalue weighted by molar-refractivity contribution is 0.455. The van der Waals surface area contributed by atoms with Crippen molar-refractivity contribution in [2.45, 2.75) is 12.5 Å². The molecule has 1 aliphatic rings. The summed E-state index contributed by atoms with van der Waals surface area (Å²) < 4.78 is 0. The average molecular weight is 288 g/mol. The number of hydrogen-bond acceptors (Lipinski definition) is 3. The van der Waals surface area contributed by atoms with Gasteiger partial charge in [-0.15, -0.1) is 0 Å². The van der Waals surface area contributed by atoms with E-state index >= 15 is 0 Å². The molecule has 3 heteroatoms. The van der Waals surface area contributed by atoms with Gasteiger partial charge in [0.2, 0.25) is 0 Å². The van der Waals surface area contributed by atoms with Crippen LogP contribution in [0.1, 0.15) is 23.6 Å². The van der Waals surface area contributed by atoms with E-state index in [0.717, 1.165) is 23.3 Å². The minimum absolute atomic E-state index is 0.0303. The summed E-state index contributed by atoms with van der Waals surface area (Å²) in [5.41, 5.74) is 6.18. The Bertz CT molecular complexity index is 870. The second-order valence-corrected chi connectivity index (χ2v) is 5.57. The highest BCUT2D eigenvalue weighted by Crippen LogP contribution is 2.30. The molecular weight excluding hydrogens is 272 g/mol. The lowest BCUT2D eigenvalue weighted by Crippen LogP contribution is -2.10. The SMILES string of the molecule is Oc1ccccc1[C@@H]1CC(c2ccc3ccccc3c2)=NN1. The predicted molar refractivity (Wildman–Crippen MR) is 89.1 cm³/mol. The number of nitrogens with one attached hydrogen (secondary N) is 1. The van der Waals surface area contributed by atoms with Crippen LogP contribution in [0.3, 0.4) is 0 Å². The number of rotatable bonds is 2. The number of fused-ring (bicyclic) bond motifs is 1. The zero-order chi connectivity index (χ0) is 14.9. The Hall–Kier alpha value is -2.81. The van der Waals surface area contributed by atoms with E-state index in [1.807, 2.05) is 30.3 Å². The molecule has 1 atom stereocenters. The summed E-state index contributed by atoms with van der Waals surface area (Å²) in [4.78, 5) is 0. The molecule has 0 aromatic heterocycles. The lowest BCUT2D eigenvalue weighted by Gasteiger charge is -2.11. The third kappa shape index (κ3) is 2.21. The molecule has 2 N–H and O–H groups in total. The second-order valence-electron chi connectivity index (χ2n) is 5.57. The standard InChI is InChI=1S/C19H16N2O/c22-19-8-4-3-7-16(19)18-12-17(20-21-18)15-10-9-13-5-1-2-6-14(13)11-15/h1-11,18,21-22H,12H2/t18-/m0/s1. The van der Waals surface area contributed by atoms with E-state index in [2.05, 4.69) is 40.9 Å².